The third kappa shape index (κ3) is 45.8. The normalized spacial score (nSPS) is 12.2. The molecule has 0 aliphatic heterocycles. The minimum absolute atomic E-state index is 1.11. The Morgan fingerprint density at radius 1 is 0.236 bits per heavy atom. The van der Waals surface area contributed by atoms with E-state index in [4.69, 9.17) is 4.99 Å². The summed E-state index contributed by atoms with van der Waals surface area (Å²) in [5.41, 5.74) is 15.8. The summed E-state index contributed by atoms with van der Waals surface area (Å²) in [7, 11) is 0. The van der Waals surface area contributed by atoms with Crippen LogP contribution in [0.2, 0.25) is 0 Å². The first-order valence-corrected chi connectivity index (χ1v) is 41.6. The number of benzene rings is 2. The SMILES string of the molecule is CCCCCCCCCCCCCCCCCCCCCCCCCCCCC(=Cc1cc(CCCC)c(CCCC)c(CCCCCC)c1)C(CCCCCCCCCCCCC)=Nc1cc(CCCC)c(CCCCCCCC)c(CCCCCC)c1. The molecule has 0 saturated heterocycles. The van der Waals surface area contributed by atoms with E-state index in [1.807, 2.05) is 0 Å². The van der Waals surface area contributed by atoms with Crippen LogP contribution in [0.15, 0.2) is 34.8 Å². The molecule has 0 bridgehead atoms. The number of aliphatic imine (C=N–C) groups is 1. The lowest BCUT2D eigenvalue weighted by Crippen LogP contribution is -2.07. The summed E-state index contributed by atoms with van der Waals surface area (Å²) in [6.45, 7) is 18.9. The third-order valence-corrected chi connectivity index (χ3v) is 20.4. The molecule has 0 aliphatic carbocycles. The Morgan fingerprint density at radius 3 is 0.787 bits per heavy atom. The Bertz CT molecular complexity index is 1890. The van der Waals surface area contributed by atoms with Crippen molar-refractivity contribution in [2.45, 2.75) is 473 Å². The van der Waals surface area contributed by atoms with Gasteiger partial charge in [0.05, 0.1) is 5.69 Å². The fourth-order valence-corrected chi connectivity index (χ4v) is 14.5. The first-order chi connectivity index (χ1) is 44.0. The van der Waals surface area contributed by atoms with Gasteiger partial charge in [-0.1, -0.05) is 382 Å². The van der Waals surface area contributed by atoms with Gasteiger partial charge < -0.3 is 0 Å². The summed E-state index contributed by atoms with van der Waals surface area (Å²) < 4.78 is 0. The van der Waals surface area contributed by atoms with Gasteiger partial charge in [-0.25, -0.2) is 0 Å². The zero-order chi connectivity index (χ0) is 64.0. The molecule has 0 spiro atoms. The molecule has 0 saturated carbocycles. The van der Waals surface area contributed by atoms with Crippen LogP contribution in [0.25, 0.3) is 6.08 Å². The Hall–Kier alpha value is -2.15. The van der Waals surface area contributed by atoms with Gasteiger partial charge in [-0.3, -0.25) is 4.99 Å². The molecule has 0 radical (unpaired) electrons. The fraction of sp³-hybridized carbons (Fsp3) is 0.830. The van der Waals surface area contributed by atoms with Gasteiger partial charge in [0.15, 0.2) is 0 Å². The van der Waals surface area contributed by atoms with Gasteiger partial charge in [0.25, 0.3) is 0 Å². The van der Waals surface area contributed by atoms with Crippen molar-refractivity contribution in [3.63, 3.8) is 0 Å². The molecule has 0 atom stereocenters. The van der Waals surface area contributed by atoms with Crippen LogP contribution in [-0.2, 0) is 38.5 Å². The van der Waals surface area contributed by atoms with Gasteiger partial charge in [-0.2, -0.15) is 0 Å². The maximum Gasteiger partial charge on any atom is 0.0638 e. The van der Waals surface area contributed by atoms with Gasteiger partial charge in [0.1, 0.15) is 0 Å². The number of rotatable bonds is 68. The van der Waals surface area contributed by atoms with Crippen molar-refractivity contribution < 1.29 is 0 Å². The van der Waals surface area contributed by atoms with Crippen molar-refractivity contribution in [3.05, 3.63) is 68.8 Å². The smallest absolute Gasteiger partial charge is 0.0638 e. The summed E-state index contributed by atoms with van der Waals surface area (Å²) in [4.78, 5) is 6.07. The molecule has 0 amide bonds. The summed E-state index contributed by atoms with van der Waals surface area (Å²) in [5.74, 6) is 0. The zero-order valence-corrected chi connectivity index (χ0v) is 62.3. The number of allylic oxidation sites excluding steroid dienone is 1. The number of unbranched alkanes of at least 4 members (excludes halogenated alkanes) is 49. The minimum Gasteiger partial charge on any atom is -0.253 e. The van der Waals surface area contributed by atoms with Gasteiger partial charge in [0.2, 0.25) is 0 Å². The summed E-state index contributed by atoms with van der Waals surface area (Å²) in [6.07, 6.45) is 91.7. The monoisotopic (exact) mass is 1230 g/mol. The lowest BCUT2D eigenvalue weighted by atomic mass is 9.87. The van der Waals surface area contributed by atoms with E-state index in [0.29, 0.717) is 0 Å². The first-order valence-electron chi connectivity index (χ1n) is 41.6. The van der Waals surface area contributed by atoms with E-state index in [1.54, 1.807) is 39.0 Å². The van der Waals surface area contributed by atoms with Crippen LogP contribution in [0.4, 0.5) is 5.69 Å². The van der Waals surface area contributed by atoms with Crippen molar-refractivity contribution in [1.82, 2.24) is 0 Å². The Labute approximate surface area is 560 Å². The highest BCUT2D eigenvalue weighted by Gasteiger charge is 2.17. The molecule has 0 N–H and O–H groups in total. The van der Waals surface area contributed by atoms with E-state index in [-0.39, 0.29) is 0 Å². The molecule has 516 valence electrons. The molecule has 1 nitrogen and oxygen atoms in total. The van der Waals surface area contributed by atoms with Crippen LogP contribution in [-0.4, -0.2) is 5.71 Å². The van der Waals surface area contributed by atoms with E-state index < -0.39 is 0 Å². The zero-order valence-electron chi connectivity index (χ0n) is 62.3. The molecule has 2 aromatic rings. The van der Waals surface area contributed by atoms with Gasteiger partial charge in [-0.15, -0.1) is 0 Å². The molecule has 0 heterocycles. The molecular formula is C88H159N. The topological polar surface area (TPSA) is 12.4 Å². The first kappa shape index (κ1) is 82.9. The predicted molar refractivity (Wildman–Crippen MR) is 408 cm³/mol. The number of nitrogens with zero attached hydrogens (tertiary/aromatic N) is 1. The van der Waals surface area contributed by atoms with Gasteiger partial charge in [-0.05, 0) is 165 Å². The van der Waals surface area contributed by atoms with Crippen molar-refractivity contribution >= 4 is 17.5 Å². The van der Waals surface area contributed by atoms with Crippen molar-refractivity contribution in [3.8, 4) is 0 Å². The van der Waals surface area contributed by atoms with Gasteiger partial charge in [0, 0.05) is 5.71 Å². The molecule has 0 aromatic heterocycles. The van der Waals surface area contributed by atoms with Crippen LogP contribution in [0.1, 0.15) is 473 Å². The highest BCUT2D eigenvalue weighted by atomic mass is 14.7. The molecule has 89 heavy (non-hydrogen) atoms. The van der Waals surface area contributed by atoms with E-state index in [1.165, 1.54) is 421 Å². The fourth-order valence-electron chi connectivity index (χ4n) is 14.5. The standard InChI is InChI=1S/C88H159N/c1-9-17-25-30-33-35-37-38-39-40-41-42-43-44-45-46-47-48-49-50-51-53-54-56-58-63-70-84(76-79-74-80(66-22-14-6)86(71-24-16-8)81(75-79)68-61-28-20-12-4)88(73-65-60-57-55-52-36-34-31-26-18-10-2)89-85-77-82(67-23-15-7)87(72-64-59-32-27-19-11-3)83(78-85)69-62-29-21-13-5/h74-78H,9-73H2,1-8H3. The van der Waals surface area contributed by atoms with Crippen LogP contribution < -0.4 is 0 Å². The second-order valence-electron chi connectivity index (χ2n) is 29.1. The second-order valence-corrected chi connectivity index (χ2v) is 29.1. The van der Waals surface area contributed by atoms with Crippen molar-refractivity contribution in [2.75, 3.05) is 0 Å². The van der Waals surface area contributed by atoms with Crippen LogP contribution in [0.5, 0.6) is 0 Å². The number of aryl methyl sites for hydroxylation is 4. The molecule has 0 unspecified atom stereocenters. The van der Waals surface area contributed by atoms with Crippen molar-refractivity contribution in [2.24, 2.45) is 4.99 Å². The molecule has 2 aromatic carbocycles. The lowest BCUT2D eigenvalue weighted by molar-refractivity contribution is 0.515. The Kier molecular flexibility index (Phi) is 58.9. The maximum absolute atomic E-state index is 6.07. The Balaban J connectivity index is 2.39. The molecule has 2 rings (SSSR count). The number of hydrogen-bond donors (Lipinski definition) is 0. The van der Waals surface area contributed by atoms with E-state index in [2.05, 4.69) is 85.7 Å². The predicted octanol–water partition coefficient (Wildman–Crippen LogP) is 31.3. The minimum atomic E-state index is 1.11. The van der Waals surface area contributed by atoms with E-state index >= 15 is 0 Å². The molecule has 0 aliphatic rings. The van der Waals surface area contributed by atoms with E-state index in [0.717, 1.165) is 12.8 Å². The summed E-state index contributed by atoms with van der Waals surface area (Å²) in [6, 6.07) is 10.6. The van der Waals surface area contributed by atoms with Crippen molar-refractivity contribution in [1.29, 1.82) is 0 Å². The second kappa shape index (κ2) is 63.3. The average Bonchev–Trinajstić information content (AvgIpc) is 1.86. The quantitative estimate of drug-likeness (QED) is 0.0462. The van der Waals surface area contributed by atoms with Gasteiger partial charge >= 0.3 is 0 Å². The third-order valence-electron chi connectivity index (χ3n) is 20.4. The average molecular weight is 1230 g/mol. The maximum atomic E-state index is 6.07. The highest BCUT2D eigenvalue weighted by Crippen LogP contribution is 2.33. The summed E-state index contributed by atoms with van der Waals surface area (Å²) in [5, 5.41) is 0. The molecule has 0 fully saturated rings. The largest absolute Gasteiger partial charge is 0.253 e. The summed E-state index contributed by atoms with van der Waals surface area (Å²) >= 11 is 0. The van der Waals surface area contributed by atoms with Crippen LogP contribution in [0, 0.1) is 0 Å². The van der Waals surface area contributed by atoms with Crippen LogP contribution in [0.3, 0.4) is 0 Å². The van der Waals surface area contributed by atoms with Crippen LogP contribution >= 0.6 is 0 Å². The van der Waals surface area contributed by atoms with E-state index in [9.17, 15) is 0 Å². The Morgan fingerprint density at radius 2 is 0.461 bits per heavy atom. The lowest BCUT2D eigenvalue weighted by Gasteiger charge is -2.19. The highest BCUT2D eigenvalue weighted by molar-refractivity contribution is 6.05. The molecule has 1 heteroatoms. The molecular weight excluding hydrogens is 1070 g/mol. The number of hydrogen-bond acceptors (Lipinski definition) is 1.